The lowest BCUT2D eigenvalue weighted by Gasteiger charge is -2.43. The van der Waals surface area contributed by atoms with Crippen LogP contribution in [0.3, 0.4) is 0 Å². The smallest absolute Gasteiger partial charge is 0.407 e. The van der Waals surface area contributed by atoms with Crippen LogP contribution in [0.15, 0.2) is 23.1 Å². The average Bonchev–Trinajstić information content (AvgIpc) is 2.66. The fraction of sp³-hybridized carbons (Fsp3) is 0.632. The van der Waals surface area contributed by atoms with Gasteiger partial charge in [-0.15, -0.1) is 0 Å². The van der Waals surface area contributed by atoms with Crippen LogP contribution in [0.4, 0.5) is 9.18 Å². The monoisotopic (exact) mass is 430 g/mol. The van der Waals surface area contributed by atoms with Crippen molar-refractivity contribution in [3.05, 3.63) is 24.0 Å². The molecule has 1 aliphatic heterocycles. The standard InChI is InChI=1S/C19H27FN2O6S/c1-29(26,27)14-3-5-18(15(20)11-14)28-12-13-2-4-16(17(23)10-13)21-6-8-22(9-7-21)19(24)25/h3,5,11,13,16-17,23H,2,4,6-10,12H2,1H3,(H,24,25). The molecule has 0 bridgehead atoms. The normalized spacial score (nSPS) is 26.3. The summed E-state index contributed by atoms with van der Waals surface area (Å²) >= 11 is 0. The molecule has 1 saturated heterocycles. The predicted octanol–water partition coefficient (Wildman–Crippen LogP) is 1.43. The Hall–Kier alpha value is -1.91. The summed E-state index contributed by atoms with van der Waals surface area (Å²) in [4.78, 5) is 14.4. The molecule has 1 aliphatic carbocycles. The minimum atomic E-state index is -3.48. The van der Waals surface area contributed by atoms with Gasteiger partial charge in [0.05, 0.1) is 17.6 Å². The maximum atomic E-state index is 14.1. The van der Waals surface area contributed by atoms with E-state index in [-0.39, 0.29) is 29.2 Å². The summed E-state index contributed by atoms with van der Waals surface area (Å²) in [5.41, 5.74) is 0. The number of nitrogens with zero attached hydrogens (tertiary/aromatic N) is 2. The van der Waals surface area contributed by atoms with Gasteiger partial charge in [0.25, 0.3) is 0 Å². The molecule has 29 heavy (non-hydrogen) atoms. The fourth-order valence-corrected chi connectivity index (χ4v) is 4.71. The third-order valence-electron chi connectivity index (χ3n) is 5.75. The Morgan fingerprint density at radius 3 is 2.48 bits per heavy atom. The Morgan fingerprint density at radius 2 is 1.93 bits per heavy atom. The third kappa shape index (κ3) is 5.37. The molecule has 0 spiro atoms. The molecule has 1 saturated carbocycles. The van der Waals surface area contributed by atoms with E-state index in [0.29, 0.717) is 32.6 Å². The summed E-state index contributed by atoms with van der Waals surface area (Å²) in [5.74, 6) is -0.659. The van der Waals surface area contributed by atoms with Crippen molar-refractivity contribution >= 4 is 15.9 Å². The molecule has 1 amide bonds. The van der Waals surface area contributed by atoms with Gasteiger partial charge in [0.1, 0.15) is 0 Å². The number of rotatable bonds is 5. The topological polar surface area (TPSA) is 107 Å². The second-order valence-electron chi connectivity index (χ2n) is 7.79. The number of benzene rings is 1. The molecule has 0 radical (unpaired) electrons. The van der Waals surface area contributed by atoms with Crippen LogP contribution in [-0.4, -0.2) is 85.7 Å². The van der Waals surface area contributed by atoms with Crippen LogP contribution in [-0.2, 0) is 9.84 Å². The van der Waals surface area contributed by atoms with E-state index in [2.05, 4.69) is 4.90 Å². The molecule has 2 aliphatic rings. The highest BCUT2D eigenvalue weighted by atomic mass is 32.2. The molecule has 1 aromatic rings. The second-order valence-corrected chi connectivity index (χ2v) is 9.81. The molecule has 2 N–H and O–H groups in total. The Balaban J connectivity index is 1.50. The third-order valence-corrected chi connectivity index (χ3v) is 6.86. The van der Waals surface area contributed by atoms with Gasteiger partial charge in [-0.25, -0.2) is 17.6 Å². The van der Waals surface area contributed by atoms with Crippen LogP contribution >= 0.6 is 0 Å². The molecule has 0 aromatic heterocycles. The number of ether oxygens (including phenoxy) is 1. The van der Waals surface area contributed by atoms with Crippen LogP contribution < -0.4 is 4.74 Å². The van der Waals surface area contributed by atoms with Crippen LogP contribution in [0.5, 0.6) is 5.75 Å². The van der Waals surface area contributed by atoms with Crippen LogP contribution in [0.25, 0.3) is 0 Å². The molecule has 3 rings (SSSR count). The summed E-state index contributed by atoms with van der Waals surface area (Å²) in [6, 6.07) is 3.58. The van der Waals surface area contributed by atoms with Crippen molar-refractivity contribution in [3.63, 3.8) is 0 Å². The summed E-state index contributed by atoms with van der Waals surface area (Å²) in [6.07, 6.45) is 1.65. The molecule has 8 nitrogen and oxygen atoms in total. The minimum Gasteiger partial charge on any atom is -0.490 e. The van der Waals surface area contributed by atoms with Crippen LogP contribution in [0, 0.1) is 11.7 Å². The lowest BCUT2D eigenvalue weighted by atomic mass is 9.83. The highest BCUT2D eigenvalue weighted by molar-refractivity contribution is 7.90. The zero-order chi connectivity index (χ0) is 21.2. The first-order chi connectivity index (χ1) is 13.6. The van der Waals surface area contributed by atoms with Gasteiger partial charge in [-0.1, -0.05) is 0 Å². The molecule has 2 fully saturated rings. The first kappa shape index (κ1) is 21.8. The number of amides is 1. The van der Waals surface area contributed by atoms with Crippen molar-refractivity contribution in [1.29, 1.82) is 0 Å². The molecule has 3 unspecified atom stereocenters. The SMILES string of the molecule is CS(=O)(=O)c1ccc(OCC2CCC(N3CCN(C(=O)O)CC3)C(O)C2)c(F)c1. The number of piperazine rings is 1. The van der Waals surface area contributed by atoms with Gasteiger partial charge in [0.2, 0.25) is 0 Å². The highest BCUT2D eigenvalue weighted by Crippen LogP contribution is 2.30. The van der Waals surface area contributed by atoms with Crippen molar-refractivity contribution in [2.45, 2.75) is 36.3 Å². The van der Waals surface area contributed by atoms with Crippen LogP contribution in [0.2, 0.25) is 0 Å². The van der Waals surface area contributed by atoms with E-state index in [0.717, 1.165) is 25.2 Å². The van der Waals surface area contributed by atoms with Gasteiger partial charge in [-0.2, -0.15) is 0 Å². The number of aliphatic hydroxyl groups excluding tert-OH is 1. The van der Waals surface area contributed by atoms with Crippen molar-refractivity contribution < 1.29 is 32.6 Å². The number of halogens is 1. The summed E-state index contributed by atoms with van der Waals surface area (Å²) in [6.45, 7) is 2.33. The Kier molecular flexibility index (Phi) is 6.65. The van der Waals surface area contributed by atoms with Gasteiger partial charge in [0.15, 0.2) is 21.4 Å². The van der Waals surface area contributed by atoms with E-state index in [1.54, 1.807) is 0 Å². The maximum absolute atomic E-state index is 14.1. The Labute approximate surface area is 169 Å². The molecule has 3 atom stereocenters. The zero-order valence-electron chi connectivity index (χ0n) is 16.3. The number of hydrogen-bond acceptors (Lipinski definition) is 6. The number of carbonyl (C=O) groups is 1. The molecule has 162 valence electrons. The lowest BCUT2D eigenvalue weighted by molar-refractivity contribution is -0.0211. The van der Waals surface area contributed by atoms with Crippen molar-refractivity contribution in [1.82, 2.24) is 9.80 Å². The van der Waals surface area contributed by atoms with E-state index in [4.69, 9.17) is 9.84 Å². The van der Waals surface area contributed by atoms with Crippen molar-refractivity contribution in [3.8, 4) is 5.75 Å². The van der Waals surface area contributed by atoms with Gasteiger partial charge in [-0.3, -0.25) is 4.90 Å². The maximum Gasteiger partial charge on any atom is 0.407 e. The average molecular weight is 430 g/mol. The van der Waals surface area contributed by atoms with Gasteiger partial charge in [-0.05, 0) is 43.4 Å². The Bertz CT molecular complexity index is 841. The number of aliphatic hydroxyl groups is 1. The molecular weight excluding hydrogens is 403 g/mol. The number of hydrogen-bond donors (Lipinski definition) is 2. The number of carboxylic acid groups (broad SMARTS) is 1. The largest absolute Gasteiger partial charge is 0.490 e. The minimum absolute atomic E-state index is 0.00111. The number of sulfone groups is 1. The first-order valence-corrected chi connectivity index (χ1v) is 11.6. The zero-order valence-corrected chi connectivity index (χ0v) is 17.1. The molecule has 1 aromatic carbocycles. The van der Waals surface area contributed by atoms with Crippen LogP contribution in [0.1, 0.15) is 19.3 Å². The summed E-state index contributed by atoms with van der Waals surface area (Å²) in [5, 5.41) is 19.6. The lowest BCUT2D eigenvalue weighted by Crippen LogP contribution is -2.56. The van der Waals surface area contributed by atoms with Gasteiger partial charge >= 0.3 is 6.09 Å². The summed E-state index contributed by atoms with van der Waals surface area (Å²) < 4.78 is 42.6. The van der Waals surface area contributed by atoms with E-state index in [1.165, 1.54) is 17.0 Å². The molecule has 10 heteroatoms. The highest BCUT2D eigenvalue weighted by Gasteiger charge is 2.35. The van der Waals surface area contributed by atoms with Gasteiger partial charge < -0.3 is 19.8 Å². The molecular formula is C19H27FN2O6S. The van der Waals surface area contributed by atoms with Gasteiger partial charge in [0, 0.05) is 38.5 Å². The molecule has 1 heterocycles. The van der Waals surface area contributed by atoms with Crippen molar-refractivity contribution in [2.24, 2.45) is 5.92 Å². The summed E-state index contributed by atoms with van der Waals surface area (Å²) in [7, 11) is -3.48. The van der Waals surface area contributed by atoms with E-state index < -0.39 is 27.9 Å². The Morgan fingerprint density at radius 1 is 1.24 bits per heavy atom. The predicted molar refractivity (Wildman–Crippen MR) is 103 cm³/mol. The van der Waals surface area contributed by atoms with E-state index >= 15 is 0 Å². The fourth-order valence-electron chi connectivity index (χ4n) is 4.07. The van der Waals surface area contributed by atoms with E-state index in [1.807, 2.05) is 0 Å². The first-order valence-electron chi connectivity index (χ1n) is 9.67. The van der Waals surface area contributed by atoms with Crippen molar-refractivity contribution in [2.75, 3.05) is 39.0 Å². The second kappa shape index (κ2) is 8.85. The van der Waals surface area contributed by atoms with E-state index in [9.17, 15) is 22.7 Å². The quantitative estimate of drug-likeness (QED) is 0.728.